The summed E-state index contributed by atoms with van der Waals surface area (Å²) in [4.78, 5) is 0. The summed E-state index contributed by atoms with van der Waals surface area (Å²) in [6.45, 7) is 3.69. The van der Waals surface area contributed by atoms with Crippen molar-refractivity contribution in [3.8, 4) is 0 Å². The molecule has 1 N–H and O–H groups in total. The van der Waals surface area contributed by atoms with E-state index in [4.69, 9.17) is 4.74 Å². The molecule has 1 rings (SSSR count). The van der Waals surface area contributed by atoms with Crippen LogP contribution in [-0.2, 0) is 11.2 Å². The molecule has 96 valence electrons. The zero-order valence-corrected chi connectivity index (χ0v) is 11.9. The number of rotatable bonds is 7. The molecule has 1 unspecified atom stereocenters. The molecule has 0 amide bonds. The van der Waals surface area contributed by atoms with Crippen molar-refractivity contribution in [1.82, 2.24) is 5.32 Å². The highest BCUT2D eigenvalue weighted by Crippen LogP contribution is 2.21. The number of nitrogens with one attached hydrogen (secondary N) is 1. The van der Waals surface area contributed by atoms with Gasteiger partial charge in [-0.05, 0) is 46.9 Å². The van der Waals surface area contributed by atoms with Crippen molar-refractivity contribution < 1.29 is 9.13 Å². The fraction of sp³-hybridized carbons (Fsp3) is 0.538. The third-order valence-electron chi connectivity index (χ3n) is 2.55. The van der Waals surface area contributed by atoms with E-state index in [1.807, 2.05) is 6.07 Å². The first-order valence-corrected chi connectivity index (χ1v) is 6.63. The van der Waals surface area contributed by atoms with Crippen molar-refractivity contribution in [3.05, 3.63) is 34.1 Å². The lowest BCUT2D eigenvalue weighted by Crippen LogP contribution is -2.35. The van der Waals surface area contributed by atoms with E-state index in [9.17, 15) is 4.39 Å². The molecule has 0 radical (unpaired) electrons. The van der Waals surface area contributed by atoms with Crippen LogP contribution >= 0.6 is 15.9 Å². The smallest absolute Gasteiger partial charge is 0.137 e. The summed E-state index contributed by atoms with van der Waals surface area (Å²) in [5, 5.41) is 3.40. The molecule has 4 heteroatoms. The number of methoxy groups -OCH3 is 1. The van der Waals surface area contributed by atoms with Gasteiger partial charge in [-0.15, -0.1) is 0 Å². The topological polar surface area (TPSA) is 21.3 Å². The Kier molecular flexibility index (Phi) is 6.70. The van der Waals surface area contributed by atoms with Crippen LogP contribution in [0, 0.1) is 5.82 Å². The van der Waals surface area contributed by atoms with Crippen molar-refractivity contribution in [2.24, 2.45) is 0 Å². The van der Waals surface area contributed by atoms with Crippen LogP contribution in [0.3, 0.4) is 0 Å². The van der Waals surface area contributed by atoms with Crippen LogP contribution in [0.5, 0.6) is 0 Å². The Morgan fingerprint density at radius 3 is 2.88 bits per heavy atom. The summed E-state index contributed by atoms with van der Waals surface area (Å²) >= 11 is 3.28. The SMILES string of the molecule is CCCNC(COC)Cc1cccc(F)c1Br. The highest BCUT2D eigenvalue weighted by atomic mass is 79.9. The third kappa shape index (κ3) is 4.74. The van der Waals surface area contributed by atoms with Crippen molar-refractivity contribution in [2.45, 2.75) is 25.8 Å². The molecule has 0 saturated carbocycles. The second kappa shape index (κ2) is 7.80. The summed E-state index contributed by atoms with van der Waals surface area (Å²) in [6.07, 6.45) is 1.83. The molecule has 2 nitrogen and oxygen atoms in total. The first kappa shape index (κ1) is 14.6. The number of hydrogen-bond acceptors (Lipinski definition) is 2. The van der Waals surface area contributed by atoms with Crippen molar-refractivity contribution in [1.29, 1.82) is 0 Å². The van der Waals surface area contributed by atoms with Crippen LogP contribution in [0.25, 0.3) is 0 Å². The fourth-order valence-corrected chi connectivity index (χ4v) is 2.14. The molecule has 0 saturated heterocycles. The minimum Gasteiger partial charge on any atom is -0.383 e. The zero-order valence-electron chi connectivity index (χ0n) is 10.3. The van der Waals surface area contributed by atoms with Crippen molar-refractivity contribution in [3.63, 3.8) is 0 Å². The maximum Gasteiger partial charge on any atom is 0.137 e. The van der Waals surface area contributed by atoms with Gasteiger partial charge in [-0.2, -0.15) is 0 Å². The first-order chi connectivity index (χ1) is 8.19. The average Bonchev–Trinajstić information content (AvgIpc) is 2.32. The number of hydrogen-bond donors (Lipinski definition) is 1. The Morgan fingerprint density at radius 1 is 1.47 bits per heavy atom. The molecular weight excluding hydrogens is 285 g/mol. The van der Waals surface area contributed by atoms with E-state index in [1.54, 1.807) is 13.2 Å². The Labute approximate surface area is 111 Å². The molecule has 0 fully saturated rings. The molecule has 0 spiro atoms. The lowest BCUT2D eigenvalue weighted by molar-refractivity contribution is 0.166. The Morgan fingerprint density at radius 2 is 2.24 bits per heavy atom. The lowest BCUT2D eigenvalue weighted by atomic mass is 10.1. The minimum atomic E-state index is -0.214. The monoisotopic (exact) mass is 303 g/mol. The maximum absolute atomic E-state index is 13.4. The van der Waals surface area contributed by atoms with Gasteiger partial charge in [-0.1, -0.05) is 19.1 Å². The van der Waals surface area contributed by atoms with Gasteiger partial charge in [0.25, 0.3) is 0 Å². The van der Waals surface area contributed by atoms with E-state index in [0.717, 1.165) is 24.9 Å². The van der Waals surface area contributed by atoms with Gasteiger partial charge >= 0.3 is 0 Å². The summed E-state index contributed by atoms with van der Waals surface area (Å²) < 4.78 is 19.1. The van der Waals surface area contributed by atoms with Gasteiger partial charge in [0.15, 0.2) is 0 Å². The summed E-state index contributed by atoms with van der Waals surface area (Å²) in [7, 11) is 1.68. The van der Waals surface area contributed by atoms with Gasteiger partial charge in [-0.25, -0.2) is 4.39 Å². The summed E-state index contributed by atoms with van der Waals surface area (Å²) in [5.74, 6) is -0.214. The van der Waals surface area contributed by atoms with E-state index in [1.165, 1.54) is 6.07 Å². The quantitative estimate of drug-likeness (QED) is 0.835. The van der Waals surface area contributed by atoms with Gasteiger partial charge in [0.1, 0.15) is 5.82 Å². The van der Waals surface area contributed by atoms with Gasteiger partial charge in [0, 0.05) is 13.2 Å². The van der Waals surface area contributed by atoms with Crippen LogP contribution < -0.4 is 5.32 Å². The normalized spacial score (nSPS) is 12.7. The Bertz CT molecular complexity index is 346. The third-order valence-corrected chi connectivity index (χ3v) is 3.44. The average molecular weight is 304 g/mol. The molecule has 0 aromatic heterocycles. The Balaban J connectivity index is 2.67. The van der Waals surface area contributed by atoms with E-state index >= 15 is 0 Å². The number of ether oxygens (including phenoxy) is 1. The predicted octanol–water partition coefficient (Wildman–Crippen LogP) is 3.15. The maximum atomic E-state index is 13.4. The number of halogens is 2. The molecule has 1 aromatic rings. The molecule has 0 aliphatic carbocycles. The Hall–Kier alpha value is -0.450. The van der Waals surface area contributed by atoms with Crippen molar-refractivity contribution >= 4 is 15.9 Å². The van der Waals surface area contributed by atoms with E-state index in [-0.39, 0.29) is 11.9 Å². The highest BCUT2D eigenvalue weighted by Gasteiger charge is 2.12. The van der Waals surface area contributed by atoms with Crippen LogP contribution in [0.2, 0.25) is 0 Å². The molecular formula is C13H19BrFNO. The molecule has 0 aliphatic heterocycles. The van der Waals surface area contributed by atoms with Crippen molar-refractivity contribution in [2.75, 3.05) is 20.3 Å². The zero-order chi connectivity index (χ0) is 12.7. The van der Waals surface area contributed by atoms with Gasteiger partial charge in [-0.3, -0.25) is 0 Å². The van der Waals surface area contributed by atoms with Gasteiger partial charge in [0.2, 0.25) is 0 Å². The standard InChI is InChI=1S/C13H19BrFNO/c1-3-7-16-11(9-17-2)8-10-5-4-6-12(15)13(10)14/h4-6,11,16H,3,7-9H2,1-2H3. The van der Waals surface area contributed by atoms with Crippen LogP contribution in [0.15, 0.2) is 22.7 Å². The van der Waals surface area contributed by atoms with Crippen LogP contribution in [0.4, 0.5) is 4.39 Å². The van der Waals surface area contributed by atoms with E-state index in [0.29, 0.717) is 11.1 Å². The summed E-state index contributed by atoms with van der Waals surface area (Å²) in [5.41, 5.74) is 0.968. The minimum absolute atomic E-state index is 0.214. The molecule has 17 heavy (non-hydrogen) atoms. The summed E-state index contributed by atoms with van der Waals surface area (Å²) in [6, 6.07) is 5.35. The predicted molar refractivity (Wildman–Crippen MR) is 71.8 cm³/mol. The molecule has 0 aliphatic rings. The fourth-order valence-electron chi connectivity index (χ4n) is 1.71. The van der Waals surface area contributed by atoms with Gasteiger partial charge in [0.05, 0.1) is 11.1 Å². The van der Waals surface area contributed by atoms with E-state index in [2.05, 4.69) is 28.2 Å². The lowest BCUT2D eigenvalue weighted by Gasteiger charge is -2.18. The first-order valence-electron chi connectivity index (χ1n) is 5.84. The van der Waals surface area contributed by atoms with E-state index < -0.39 is 0 Å². The molecule has 0 bridgehead atoms. The number of benzene rings is 1. The van der Waals surface area contributed by atoms with Gasteiger partial charge < -0.3 is 10.1 Å². The molecule has 1 atom stereocenters. The van der Waals surface area contributed by atoms with Crippen LogP contribution in [-0.4, -0.2) is 26.3 Å². The second-order valence-corrected chi connectivity index (χ2v) is 4.82. The molecule has 0 heterocycles. The largest absolute Gasteiger partial charge is 0.383 e. The van der Waals surface area contributed by atoms with Crippen LogP contribution in [0.1, 0.15) is 18.9 Å². The molecule has 1 aromatic carbocycles. The highest BCUT2D eigenvalue weighted by molar-refractivity contribution is 9.10. The second-order valence-electron chi connectivity index (χ2n) is 4.02.